The number of rotatable bonds is 32. The van der Waals surface area contributed by atoms with Gasteiger partial charge in [0.15, 0.2) is 0 Å². The fraction of sp³-hybridized carbons (Fsp3) is 0.825. The maximum atomic E-state index is 14.1. The Morgan fingerprint density at radius 3 is 1.03 bits per heavy atom. The second-order valence-electron chi connectivity index (χ2n) is 42.4. The monoisotopic (exact) mass is 2090 g/mol. The Morgan fingerprint density at radius 2 is 0.707 bits per heavy atom. The van der Waals surface area contributed by atoms with Crippen molar-refractivity contribution in [3.63, 3.8) is 0 Å². The van der Waals surface area contributed by atoms with Gasteiger partial charge in [0.1, 0.15) is 97.8 Å². The number of esters is 2. The van der Waals surface area contributed by atoms with Crippen molar-refractivity contribution in [1.82, 2.24) is 83.8 Å². The van der Waals surface area contributed by atoms with Gasteiger partial charge in [-0.3, -0.25) is 85.9 Å². The summed E-state index contributed by atoms with van der Waals surface area (Å²) in [5.41, 5.74) is 22.9. The number of nitrogens with two attached hydrogens (primary N) is 4. The molecule has 3 saturated heterocycles. The molecule has 3 aliphatic heterocycles. The molecule has 0 spiro atoms. The van der Waals surface area contributed by atoms with Crippen molar-refractivity contribution < 1.29 is 115 Å². The molecule has 3 saturated carbocycles. The van der Waals surface area contributed by atoms with Crippen molar-refractivity contribution in [3.05, 3.63) is 0 Å². The molecule has 17 amide bonds. The molecule has 6 fully saturated rings. The SMILES string of the molecule is CC(C)C[C@H]1C(=O)N[C@@H](C2CCCCC2)C(=O)N[C@@H](CN)C(=O)N[C@@H]([C@H](C)O)C(=O)NCC(=O)O[C@H](CCCCC(C)CF)[C@@H](C)C(=O)N1C.CCCCCC[C@H]1OC(=O)CNC(=O)[C@H](CNC(N)=O)NC(=O)[C@H](CN)NC(=O)[C@H](C2CCCCC2)NC(=O)[C@H](CC(C)C)N(C)C(=O)[C@@H]1C.CCCCCC[C@H]1OCCNC(=O)[C@H]([C@H](C)O)NC(=O)[C@H](CN)NC(=O)[C@H](C2CCCCC2)NC(=O)[C@H](CC(C)C)N(C)C(=O)[C@@H]1C. The lowest BCUT2D eigenvalue weighted by Crippen LogP contribution is -2.62. The Labute approximate surface area is 869 Å². The first kappa shape index (κ1) is 129. The van der Waals surface area contributed by atoms with Crippen LogP contribution in [0, 0.1) is 59.2 Å². The fourth-order valence-corrected chi connectivity index (χ4v) is 19.6. The highest BCUT2D eigenvalue weighted by Gasteiger charge is 2.46. The van der Waals surface area contributed by atoms with Crippen LogP contribution in [-0.2, 0) is 95.7 Å². The Balaban J connectivity index is 0.000000459. The normalized spacial score (nSPS) is 28.4. The van der Waals surface area contributed by atoms with Crippen LogP contribution in [0.25, 0.3) is 0 Å². The van der Waals surface area contributed by atoms with Crippen molar-refractivity contribution in [2.24, 2.45) is 82.1 Å². The number of halogens is 1. The molecule has 6 aliphatic rings. The number of carbonyl (C=O) groups excluding carboxylic acids is 18. The molecule has 0 bridgehead atoms. The predicted octanol–water partition coefficient (Wildman–Crippen LogP) is 2.60. The number of urea groups is 1. The zero-order chi connectivity index (χ0) is 110. The topological polar surface area (TPSA) is 646 Å². The third-order valence-electron chi connectivity index (χ3n) is 28.7. The van der Waals surface area contributed by atoms with Crippen LogP contribution in [0.3, 0.4) is 0 Å². The minimum atomic E-state index is -1.50. The van der Waals surface area contributed by atoms with E-state index < -0.39 is 248 Å². The highest BCUT2D eigenvalue weighted by molar-refractivity contribution is 6.00. The number of unbranched alkanes of at least 4 members (excludes halogenated alkanes) is 7. The average Bonchev–Trinajstić information content (AvgIpc) is 1.51. The summed E-state index contributed by atoms with van der Waals surface area (Å²) in [6, 6.07) is -14.7. The van der Waals surface area contributed by atoms with E-state index in [1.54, 1.807) is 34.7 Å². The standard InChI is InChI=1S/C35H61FN6O8.C34H60N8O8.C34H62N6O7/c1-20(2)16-26-32(46)41-30(24-13-8-7-9-14-24)34(48)39-25(18-37)31(45)40-29(23(5)43)33(47)38-19-28(44)50-27(22(4)35(49)42(26)6)15-11-10-12-21(3)17-36;1-6-7-8-12-15-26-21(4)33(48)42(5)25(16-20(2)3)31(46)41-28(22-13-10-9-11-14-22)32(47)39-23(17-35)30(45)40-24(18-38-34(36)49)29(44)37-19-27(43)50-26;1-7-8-9-13-16-27-22(4)34(46)40(6)26(19-21(2)3)31(43)39-29(24-14-11-10-12-15-24)33(45)37-25(20-35)30(42)38-28(23(5)41)32(44)36-17-18-47-27/h20-27,29-30,43H,7-19,37H2,1-6H3,(H,38,47)(H,39,48)(H,40,45)(H,41,46);20-26,28H,6-19,35H2,1-5H3,(H,37,44)(H,39,47)(H,40,45)(H,41,46)(H3,36,38,49);21-29,41H,7-20,35H2,1-6H3,(H,36,44)(H,37,45)(H,38,42)(H,39,43)/t21?,22-,23+,25+,26+,27-,29+,30+;21-,23+,24+,25+,26-,28+;22-,23+,25+,26+,27-,28+,29+/m111/s1. The van der Waals surface area contributed by atoms with Gasteiger partial charge in [-0.2, -0.15) is 0 Å². The van der Waals surface area contributed by atoms with E-state index in [4.69, 9.17) is 37.1 Å². The fourth-order valence-electron chi connectivity index (χ4n) is 19.6. The molecule has 3 aliphatic carbocycles. The van der Waals surface area contributed by atoms with Crippen molar-refractivity contribution in [2.45, 2.75) is 405 Å². The number of nitrogens with zero attached hydrogens (tertiary/aromatic N) is 3. The summed E-state index contributed by atoms with van der Waals surface area (Å²) < 4.78 is 30.7. The van der Waals surface area contributed by atoms with E-state index in [0.717, 1.165) is 116 Å². The predicted molar refractivity (Wildman–Crippen MR) is 550 cm³/mol. The summed E-state index contributed by atoms with van der Waals surface area (Å²) in [4.78, 5) is 247. The highest BCUT2D eigenvalue weighted by atomic mass is 19.1. The molecule has 6 rings (SSSR count). The Morgan fingerprint density at radius 1 is 0.395 bits per heavy atom. The van der Waals surface area contributed by atoms with Gasteiger partial charge in [0.25, 0.3) is 0 Å². The maximum absolute atomic E-state index is 14.1. The number of aliphatic hydroxyl groups excluding tert-OH is 2. The largest absolute Gasteiger partial charge is 0.460 e. The molecule has 840 valence electrons. The summed E-state index contributed by atoms with van der Waals surface area (Å²) in [6.07, 6.45) is 19.0. The van der Waals surface area contributed by atoms with E-state index in [2.05, 4.69) is 83.0 Å². The van der Waals surface area contributed by atoms with E-state index in [0.29, 0.717) is 77.0 Å². The third kappa shape index (κ3) is 44.2. The van der Waals surface area contributed by atoms with Crippen LogP contribution in [0.5, 0.6) is 0 Å². The summed E-state index contributed by atoms with van der Waals surface area (Å²) in [5, 5.41) is 54.6. The van der Waals surface area contributed by atoms with Crippen LogP contribution in [0.4, 0.5) is 9.18 Å². The maximum Gasteiger partial charge on any atom is 0.325 e. The van der Waals surface area contributed by atoms with E-state index in [1.165, 1.54) is 42.6 Å². The summed E-state index contributed by atoms with van der Waals surface area (Å²) in [7, 11) is 4.68. The molecule has 1 unspecified atom stereocenters. The van der Waals surface area contributed by atoms with Crippen LogP contribution in [0.1, 0.15) is 302 Å². The molecule has 0 radical (unpaired) electrons. The number of nitrogens with one attached hydrogen (secondary N) is 13. The third-order valence-corrected chi connectivity index (χ3v) is 28.7. The number of aliphatic hydroxyl groups is 2. The van der Waals surface area contributed by atoms with Gasteiger partial charge in [-0.1, -0.05) is 192 Å². The molecule has 147 heavy (non-hydrogen) atoms. The van der Waals surface area contributed by atoms with Gasteiger partial charge in [0.2, 0.25) is 88.6 Å². The molecule has 3 heterocycles. The van der Waals surface area contributed by atoms with Gasteiger partial charge >= 0.3 is 18.0 Å². The Bertz CT molecular complexity index is 4160. The molecule has 23 N–H and O–H groups in total. The second-order valence-corrected chi connectivity index (χ2v) is 42.4. The van der Waals surface area contributed by atoms with Crippen molar-refractivity contribution in [3.8, 4) is 0 Å². The van der Waals surface area contributed by atoms with E-state index in [9.17, 15) is 101 Å². The van der Waals surface area contributed by atoms with Crippen molar-refractivity contribution >= 4 is 107 Å². The van der Waals surface area contributed by atoms with Crippen molar-refractivity contribution in [2.75, 3.05) is 80.2 Å². The summed E-state index contributed by atoms with van der Waals surface area (Å²) >= 11 is 0. The molecule has 21 atom stereocenters. The van der Waals surface area contributed by atoms with E-state index in [1.807, 2.05) is 41.5 Å². The van der Waals surface area contributed by atoms with E-state index >= 15 is 0 Å². The lowest BCUT2D eigenvalue weighted by molar-refractivity contribution is -0.158. The van der Waals surface area contributed by atoms with Crippen LogP contribution >= 0.6 is 0 Å². The lowest BCUT2D eigenvalue weighted by Gasteiger charge is -2.36. The summed E-state index contributed by atoms with van der Waals surface area (Å²) in [5.74, 6) is -13.8. The number of hydrogen-bond donors (Lipinski definition) is 19. The lowest BCUT2D eigenvalue weighted by atomic mass is 9.83. The zero-order valence-electron chi connectivity index (χ0n) is 90.6. The zero-order valence-corrected chi connectivity index (χ0v) is 90.6. The smallest absolute Gasteiger partial charge is 0.325 e. The summed E-state index contributed by atoms with van der Waals surface area (Å²) in [6.45, 7) is 22.5. The minimum absolute atomic E-state index is 0.00784. The molecule has 43 nitrogen and oxygen atoms in total. The van der Waals surface area contributed by atoms with Crippen LogP contribution in [0.15, 0.2) is 0 Å². The van der Waals surface area contributed by atoms with Gasteiger partial charge in [-0.25, -0.2) is 4.79 Å². The number of hydrogen-bond acceptors (Lipinski definition) is 26. The van der Waals surface area contributed by atoms with Crippen molar-refractivity contribution in [1.29, 1.82) is 0 Å². The molecule has 0 aromatic carbocycles. The number of primary amides is 1. The molecular formula is C103H183FN20O23. The molecular weight excluding hydrogens is 1900 g/mol. The van der Waals surface area contributed by atoms with Gasteiger partial charge in [0, 0.05) is 53.9 Å². The average molecular weight is 2090 g/mol. The number of amides is 17. The molecule has 0 aromatic heterocycles. The first-order valence-corrected chi connectivity index (χ1v) is 54.0. The minimum Gasteiger partial charge on any atom is -0.460 e. The number of carbonyl (C=O) groups is 18. The number of likely N-dealkylation sites (N-methyl/N-ethyl adjacent to an activating group) is 3. The highest BCUT2D eigenvalue weighted by Crippen LogP contribution is 2.33. The number of alkyl halides is 1. The Kier molecular flexibility index (Phi) is 59.7. The van der Waals surface area contributed by atoms with Gasteiger partial charge in [-0.05, 0) is 152 Å². The molecule has 0 aromatic rings. The van der Waals surface area contributed by atoms with E-state index in [-0.39, 0.29) is 93.0 Å². The Hall–Kier alpha value is -10.0. The number of ether oxygens (including phenoxy) is 3. The molecule has 44 heteroatoms. The van der Waals surface area contributed by atoms with Crippen LogP contribution < -0.4 is 92.1 Å². The number of cyclic esters (lactones) is 2. The first-order chi connectivity index (χ1) is 69.6. The van der Waals surface area contributed by atoms with Gasteiger partial charge in [-0.15, -0.1) is 0 Å². The van der Waals surface area contributed by atoms with Crippen LogP contribution in [-0.4, -0.2) is 315 Å². The second kappa shape index (κ2) is 67.9. The quantitative estimate of drug-likeness (QED) is 0.0340. The van der Waals surface area contributed by atoms with Gasteiger partial charge in [0.05, 0.1) is 49.3 Å². The van der Waals surface area contributed by atoms with Gasteiger partial charge < -0.3 is 131 Å². The first-order valence-electron chi connectivity index (χ1n) is 54.0. The van der Waals surface area contributed by atoms with Crippen LogP contribution in [0.2, 0.25) is 0 Å².